The fourth-order valence-corrected chi connectivity index (χ4v) is 1.03. The second-order valence-electron chi connectivity index (χ2n) is 2.46. The van der Waals surface area contributed by atoms with Gasteiger partial charge >= 0.3 is 0 Å². The van der Waals surface area contributed by atoms with Gasteiger partial charge in [0.15, 0.2) is 5.78 Å². The normalized spacial score (nSPS) is 16.4. The number of allylic oxidation sites excluding steroid dienone is 3. The Morgan fingerprint density at radius 1 is 1.55 bits per heavy atom. The van der Waals surface area contributed by atoms with Crippen LogP contribution >= 0.6 is 0 Å². The molecule has 0 N–H and O–H groups in total. The minimum absolute atomic E-state index is 0.199. The van der Waals surface area contributed by atoms with Crippen LogP contribution in [0, 0.1) is 11.8 Å². The Bertz CT molecular complexity index is 260. The lowest BCUT2D eigenvalue weighted by Gasteiger charge is -2.04. The lowest BCUT2D eigenvalue weighted by Crippen LogP contribution is -2.00. The monoisotopic (exact) mass is 146 g/mol. The Balaban J connectivity index is 2.71. The molecule has 0 saturated heterocycles. The molecule has 1 rings (SSSR count). The van der Waals surface area contributed by atoms with E-state index in [-0.39, 0.29) is 5.78 Å². The zero-order valence-corrected chi connectivity index (χ0v) is 6.39. The van der Waals surface area contributed by atoms with Crippen LogP contribution in [0.1, 0.15) is 19.3 Å². The van der Waals surface area contributed by atoms with Gasteiger partial charge in [-0.2, -0.15) is 0 Å². The van der Waals surface area contributed by atoms with Gasteiger partial charge in [-0.25, -0.2) is 0 Å². The van der Waals surface area contributed by atoms with Crippen LogP contribution in [-0.2, 0) is 4.79 Å². The van der Waals surface area contributed by atoms with E-state index in [1.807, 2.05) is 0 Å². The summed E-state index contributed by atoms with van der Waals surface area (Å²) in [6.45, 7) is 3.48. The van der Waals surface area contributed by atoms with Crippen LogP contribution in [0.3, 0.4) is 0 Å². The van der Waals surface area contributed by atoms with E-state index in [9.17, 15) is 4.79 Å². The van der Waals surface area contributed by atoms with Crippen molar-refractivity contribution < 1.29 is 4.79 Å². The molecular formula is C10H10O. The van der Waals surface area contributed by atoms with E-state index in [1.165, 1.54) is 0 Å². The Labute approximate surface area is 66.8 Å². The highest BCUT2D eigenvalue weighted by Gasteiger charge is 2.06. The second kappa shape index (κ2) is 3.78. The van der Waals surface area contributed by atoms with Crippen molar-refractivity contribution in [1.82, 2.24) is 0 Å². The summed E-state index contributed by atoms with van der Waals surface area (Å²) >= 11 is 0. The van der Waals surface area contributed by atoms with E-state index in [1.54, 1.807) is 12.2 Å². The van der Waals surface area contributed by atoms with Crippen molar-refractivity contribution in [2.75, 3.05) is 0 Å². The molecule has 11 heavy (non-hydrogen) atoms. The first-order chi connectivity index (χ1) is 5.33. The molecule has 0 bridgehead atoms. The Kier molecular flexibility index (Phi) is 2.68. The van der Waals surface area contributed by atoms with Crippen molar-refractivity contribution in [3.63, 3.8) is 0 Å². The second-order valence-corrected chi connectivity index (χ2v) is 2.46. The third kappa shape index (κ3) is 2.43. The molecule has 0 fully saturated rings. The van der Waals surface area contributed by atoms with E-state index in [0.29, 0.717) is 6.42 Å². The fraction of sp³-hybridized carbons (Fsp3) is 0.300. The molecule has 56 valence electrons. The van der Waals surface area contributed by atoms with E-state index in [2.05, 4.69) is 18.4 Å². The first kappa shape index (κ1) is 7.81. The SMILES string of the molecule is C=CC#CC1=CC(=O)CCC1. The Hall–Kier alpha value is -1.29. The summed E-state index contributed by atoms with van der Waals surface area (Å²) in [5, 5.41) is 0. The van der Waals surface area contributed by atoms with Crippen molar-refractivity contribution in [1.29, 1.82) is 0 Å². The van der Waals surface area contributed by atoms with Crippen LogP contribution in [0.15, 0.2) is 24.3 Å². The highest BCUT2D eigenvalue weighted by molar-refractivity contribution is 5.91. The molecule has 0 saturated carbocycles. The lowest BCUT2D eigenvalue weighted by molar-refractivity contribution is -0.115. The molecule has 0 aromatic heterocycles. The smallest absolute Gasteiger partial charge is 0.156 e. The maximum absolute atomic E-state index is 10.9. The van der Waals surface area contributed by atoms with Gasteiger partial charge < -0.3 is 0 Å². The number of carbonyl (C=O) groups is 1. The minimum atomic E-state index is 0.199. The van der Waals surface area contributed by atoms with E-state index < -0.39 is 0 Å². The average Bonchev–Trinajstić information content (AvgIpc) is 2.01. The zero-order valence-electron chi connectivity index (χ0n) is 6.39. The molecule has 0 amide bonds. The van der Waals surface area contributed by atoms with Crippen LogP contribution in [0.5, 0.6) is 0 Å². The number of ketones is 1. The van der Waals surface area contributed by atoms with Crippen molar-refractivity contribution >= 4 is 5.78 Å². The van der Waals surface area contributed by atoms with Crippen LogP contribution in [-0.4, -0.2) is 5.78 Å². The Morgan fingerprint density at radius 2 is 2.36 bits per heavy atom. The maximum Gasteiger partial charge on any atom is 0.156 e. The summed E-state index contributed by atoms with van der Waals surface area (Å²) < 4.78 is 0. The quantitative estimate of drug-likeness (QED) is 0.477. The molecule has 0 atom stereocenters. The topological polar surface area (TPSA) is 17.1 Å². The number of rotatable bonds is 0. The zero-order chi connectivity index (χ0) is 8.10. The average molecular weight is 146 g/mol. The van der Waals surface area contributed by atoms with Crippen LogP contribution in [0.4, 0.5) is 0 Å². The van der Waals surface area contributed by atoms with Gasteiger partial charge in [0.25, 0.3) is 0 Å². The summed E-state index contributed by atoms with van der Waals surface area (Å²) in [5.74, 6) is 5.80. The van der Waals surface area contributed by atoms with Gasteiger partial charge in [-0.3, -0.25) is 4.79 Å². The predicted molar refractivity (Wildman–Crippen MR) is 44.9 cm³/mol. The van der Waals surface area contributed by atoms with E-state index in [0.717, 1.165) is 18.4 Å². The lowest BCUT2D eigenvalue weighted by atomic mass is 9.99. The van der Waals surface area contributed by atoms with Crippen LogP contribution in [0.2, 0.25) is 0 Å². The number of hydrogen-bond donors (Lipinski definition) is 0. The van der Waals surface area contributed by atoms with Crippen LogP contribution in [0.25, 0.3) is 0 Å². The van der Waals surface area contributed by atoms with Gasteiger partial charge in [-0.05, 0) is 25.0 Å². The highest BCUT2D eigenvalue weighted by Crippen LogP contribution is 2.13. The summed E-state index contributed by atoms with van der Waals surface area (Å²) in [6, 6.07) is 0. The summed E-state index contributed by atoms with van der Waals surface area (Å²) in [7, 11) is 0. The molecule has 1 heteroatoms. The van der Waals surface area contributed by atoms with Crippen molar-refractivity contribution in [3.05, 3.63) is 24.3 Å². The summed E-state index contributed by atoms with van der Waals surface area (Å²) in [6.07, 6.45) is 5.74. The van der Waals surface area contributed by atoms with Gasteiger partial charge in [0, 0.05) is 12.0 Å². The maximum atomic E-state index is 10.9. The van der Waals surface area contributed by atoms with Gasteiger partial charge in [-0.1, -0.05) is 18.4 Å². The molecule has 1 aliphatic carbocycles. The van der Waals surface area contributed by atoms with Crippen molar-refractivity contribution in [3.8, 4) is 11.8 Å². The molecule has 1 nitrogen and oxygen atoms in total. The summed E-state index contributed by atoms with van der Waals surface area (Å²) in [4.78, 5) is 10.9. The van der Waals surface area contributed by atoms with E-state index >= 15 is 0 Å². The van der Waals surface area contributed by atoms with Gasteiger partial charge in [0.2, 0.25) is 0 Å². The van der Waals surface area contributed by atoms with Crippen molar-refractivity contribution in [2.45, 2.75) is 19.3 Å². The third-order valence-electron chi connectivity index (χ3n) is 1.54. The minimum Gasteiger partial charge on any atom is -0.295 e. The molecule has 0 unspecified atom stereocenters. The molecule has 0 aromatic carbocycles. The molecular weight excluding hydrogens is 136 g/mol. The van der Waals surface area contributed by atoms with Crippen LogP contribution < -0.4 is 0 Å². The van der Waals surface area contributed by atoms with Gasteiger partial charge in [0.1, 0.15) is 0 Å². The first-order valence-electron chi connectivity index (χ1n) is 3.69. The highest BCUT2D eigenvalue weighted by atomic mass is 16.1. The first-order valence-corrected chi connectivity index (χ1v) is 3.69. The Morgan fingerprint density at radius 3 is 3.00 bits per heavy atom. The largest absolute Gasteiger partial charge is 0.295 e. The molecule has 0 heterocycles. The van der Waals surface area contributed by atoms with Crippen molar-refractivity contribution in [2.24, 2.45) is 0 Å². The molecule has 0 aliphatic heterocycles. The molecule has 0 radical (unpaired) electrons. The molecule has 1 aliphatic rings. The molecule has 0 spiro atoms. The summed E-state index contributed by atoms with van der Waals surface area (Å²) in [5.41, 5.74) is 0.946. The third-order valence-corrected chi connectivity index (χ3v) is 1.54. The number of carbonyl (C=O) groups excluding carboxylic acids is 1. The standard InChI is InChI=1S/C10H10O/c1-2-3-5-9-6-4-7-10(11)8-9/h2,8H,1,4,6-7H2. The van der Waals surface area contributed by atoms with E-state index in [4.69, 9.17) is 0 Å². The fourth-order valence-electron chi connectivity index (χ4n) is 1.03. The van der Waals surface area contributed by atoms with Gasteiger partial charge in [0.05, 0.1) is 0 Å². The number of hydrogen-bond acceptors (Lipinski definition) is 1. The predicted octanol–water partition coefficient (Wildman–Crippen LogP) is 1.86. The molecule has 0 aromatic rings. The van der Waals surface area contributed by atoms with Gasteiger partial charge in [-0.15, -0.1) is 0 Å².